The zero-order valence-electron chi connectivity index (χ0n) is 54.6. The van der Waals surface area contributed by atoms with Crippen LogP contribution >= 0.6 is 0 Å². The Balaban J connectivity index is 0.000000317. The molecule has 4 aliphatic carbocycles. The van der Waals surface area contributed by atoms with Crippen molar-refractivity contribution in [2.45, 2.75) is 100.0 Å². The summed E-state index contributed by atoms with van der Waals surface area (Å²) in [6.07, 6.45) is -8.29. The average Bonchev–Trinajstić information content (AvgIpc) is 1.47. The SMILES string of the molecule is CCCCCCC(F)(F)C(F)(F)C(F)(F)[NH+](CCCC)c1c(F)c(F)c(F)c(F)c1F.Fc1cc2c(c(F)c1F)-c1c(F)c(F)c(F)c(F)c1C2[B-](C1c2cc(F)c(F)c(F)c2-c2c(F)c(F)c(F)c(F)c21)(C1c2cc(F)c(F)c(F)c2-c2c(F)c(F)c(F)c(F)c21)C1c2cc(F)c(F)c(F)c2-c2c(F)c(F)c(F)c(F)c21. The Labute approximate surface area is 598 Å². The molecule has 0 heterocycles. The molecule has 0 amide bonds. The number of nitrogens with one attached hydrogen (secondary N) is 1. The highest BCUT2D eigenvalue weighted by Gasteiger charge is 2.78. The van der Waals surface area contributed by atoms with Crippen molar-refractivity contribution in [2.75, 3.05) is 6.54 Å². The van der Waals surface area contributed by atoms with Crippen molar-refractivity contribution in [1.82, 2.24) is 0 Å². The number of unbranched alkanes of at least 4 members (excludes halogenated alkanes) is 4. The summed E-state index contributed by atoms with van der Waals surface area (Å²) in [4.78, 5) is -2.26. The van der Waals surface area contributed by atoms with E-state index in [0.29, 0.717) is 12.8 Å². The van der Waals surface area contributed by atoms with Crippen LogP contribution in [0.15, 0.2) is 24.3 Å². The first kappa shape index (κ1) is 81.8. The van der Waals surface area contributed by atoms with Gasteiger partial charge in [0.2, 0.25) is 34.8 Å². The van der Waals surface area contributed by atoms with Crippen molar-refractivity contribution in [3.05, 3.63) is 261 Å². The van der Waals surface area contributed by atoms with Gasteiger partial charge in [-0.2, -0.15) is 26.3 Å². The Morgan fingerprint density at radius 2 is 0.482 bits per heavy atom. The minimum Gasteiger partial charge on any atom is -0.231 e. The molecule has 0 spiro atoms. The van der Waals surface area contributed by atoms with Crippen molar-refractivity contribution < 1.29 is 176 Å². The van der Waals surface area contributed by atoms with Crippen LogP contribution in [-0.2, 0) is 0 Å². The van der Waals surface area contributed by atoms with Crippen LogP contribution in [0, 0.1) is 192 Å². The van der Waals surface area contributed by atoms with Gasteiger partial charge in [0.25, 0.3) is 0 Å². The number of benzene rings is 9. The van der Waals surface area contributed by atoms with Gasteiger partial charge in [-0.15, -0.1) is 32.0 Å². The lowest BCUT2D eigenvalue weighted by Crippen LogP contribution is -3.17. The van der Waals surface area contributed by atoms with E-state index in [0.717, 1.165) is 0 Å². The predicted octanol–water partition coefficient (Wildman–Crippen LogP) is 23.3. The van der Waals surface area contributed by atoms with E-state index in [4.69, 9.17) is 0 Å². The van der Waals surface area contributed by atoms with Crippen molar-refractivity contribution in [3.8, 4) is 44.5 Å². The van der Waals surface area contributed by atoms with Gasteiger partial charge in [0, 0.05) is 50.9 Å². The molecule has 0 fully saturated rings. The second-order valence-electron chi connectivity index (χ2n) is 26.2. The number of alkyl halides is 6. The molecule has 112 heavy (non-hydrogen) atoms. The molecule has 596 valence electrons. The van der Waals surface area contributed by atoms with E-state index >= 15 is 123 Å². The summed E-state index contributed by atoms with van der Waals surface area (Å²) in [5, 5.41) is 0. The van der Waals surface area contributed by atoms with E-state index < -0.39 is 389 Å². The fourth-order valence-corrected chi connectivity index (χ4v) is 16.4. The normalized spacial score (nSPS) is 16.8. The maximum absolute atomic E-state index is 17.7. The number of hydrogen-bond donors (Lipinski definition) is 1. The van der Waals surface area contributed by atoms with Gasteiger partial charge in [0.05, 0.1) is 12.7 Å². The molecule has 4 aliphatic rings. The molecule has 9 aromatic carbocycles. The van der Waals surface area contributed by atoms with Gasteiger partial charge < -0.3 is 0 Å². The van der Waals surface area contributed by atoms with E-state index in [-0.39, 0.29) is 12.8 Å². The van der Waals surface area contributed by atoms with Gasteiger partial charge in [-0.3, -0.25) is 0 Å². The van der Waals surface area contributed by atoms with Crippen LogP contribution in [0.1, 0.15) is 127 Å². The van der Waals surface area contributed by atoms with Gasteiger partial charge in [-0.25, -0.2) is 141 Å². The Bertz CT molecular complexity index is 5020. The lowest BCUT2D eigenvalue weighted by molar-refractivity contribution is -0.950. The van der Waals surface area contributed by atoms with Crippen LogP contribution in [0.3, 0.4) is 0 Å². The lowest BCUT2D eigenvalue weighted by atomic mass is 9.01. The monoisotopic (exact) mass is 1650 g/mol. The smallest absolute Gasteiger partial charge is 0.231 e. The second kappa shape index (κ2) is 27.8. The van der Waals surface area contributed by atoms with Crippen LogP contribution in [0.5, 0.6) is 0 Å². The summed E-state index contributed by atoms with van der Waals surface area (Å²) >= 11 is 0. The fraction of sp³-hybridized carbons (Fsp3) is 0.239. The quantitative estimate of drug-likeness (QED) is 0.0246. The molecule has 13 rings (SSSR count). The van der Waals surface area contributed by atoms with Crippen LogP contribution in [0.2, 0.25) is 0 Å². The van der Waals surface area contributed by atoms with Gasteiger partial charge >= 0.3 is 17.9 Å². The summed E-state index contributed by atoms with van der Waals surface area (Å²) in [5.41, 5.74) is -40.3. The maximum atomic E-state index is 17.7. The van der Waals surface area contributed by atoms with Gasteiger partial charge in [-0.05, 0) is 59.4 Å². The van der Waals surface area contributed by atoms with E-state index in [2.05, 4.69) is 0 Å². The molecule has 5 unspecified atom stereocenters. The summed E-state index contributed by atoms with van der Waals surface area (Å²) in [7, 11) is 0. The first-order chi connectivity index (χ1) is 52.1. The summed E-state index contributed by atoms with van der Waals surface area (Å²) in [6.45, 7) is 1.76. The molecule has 0 aromatic heterocycles. The van der Waals surface area contributed by atoms with Crippen molar-refractivity contribution in [2.24, 2.45) is 0 Å². The molecular weight excluding hydrogens is 1620 g/mol. The van der Waals surface area contributed by atoms with Crippen LogP contribution in [0.4, 0.5) is 177 Å². The van der Waals surface area contributed by atoms with Crippen molar-refractivity contribution in [1.29, 1.82) is 0 Å². The van der Waals surface area contributed by atoms with Crippen LogP contribution in [0.25, 0.3) is 44.5 Å². The summed E-state index contributed by atoms with van der Waals surface area (Å²) in [6, 6.07) is -8.38. The Kier molecular flexibility index (Phi) is 20.3. The third-order valence-electron chi connectivity index (χ3n) is 20.7. The molecule has 0 radical (unpaired) electrons. The Morgan fingerprint density at radius 3 is 0.732 bits per heavy atom. The zero-order valence-corrected chi connectivity index (χ0v) is 54.6. The first-order valence-electron chi connectivity index (χ1n) is 31.9. The minimum absolute atomic E-state index is 0.0199. The third kappa shape index (κ3) is 10.9. The predicted molar refractivity (Wildman–Crippen MR) is 310 cm³/mol. The van der Waals surface area contributed by atoms with E-state index in [9.17, 15) is 48.3 Å². The average molecular weight is 1650 g/mol. The molecule has 0 bridgehead atoms. The number of rotatable bonds is 16. The minimum atomic E-state index is -6.62. The zero-order chi connectivity index (χ0) is 83.2. The summed E-state index contributed by atoms with van der Waals surface area (Å²) in [5.74, 6) is -128. The van der Waals surface area contributed by atoms with Crippen molar-refractivity contribution in [3.63, 3.8) is 0 Å². The van der Waals surface area contributed by atoms with Gasteiger partial charge in [0.1, 0.15) is 0 Å². The molecule has 0 aliphatic heterocycles. The molecule has 0 saturated heterocycles. The molecule has 5 atom stereocenters. The number of hydrogen-bond acceptors (Lipinski definition) is 0. The highest BCUT2D eigenvalue weighted by atomic mass is 19.4. The Morgan fingerprint density at radius 1 is 0.259 bits per heavy atom. The van der Waals surface area contributed by atoms with E-state index in [1.54, 1.807) is 6.92 Å². The maximum Gasteiger partial charge on any atom is 0.464 e. The molecular formula is C71H31BF39N. The standard InChI is InChI=1S/C52H8BF28.C19H22F11N/c54-9-1-5-13(33(62)29(9)58)17-21(41(70)49(78)45(74)37(17)66)25(5)53(26-6-2-10(55)30(59)34(63)14(6)18-22(26)42(71)50(79)46(75)38(18)67,27-7-3-11(56)31(60)35(64)15(7)19-23(27)43(72)51(80)47(76)39(19)68)28-8-4-12(57)32(61)36(65)16(8)20-24(28)44(73)52(81)48(77)40(20)69;1-3-5-7-8-9-17(25,26)18(27,28)19(29,30)31(10-6-4-2)16-14(23)12(21)11(20)13(22)15(16)24/h1-4,25-28H;3-10H2,1-2H3/q-1;/p+1. The molecule has 41 heteroatoms. The van der Waals surface area contributed by atoms with E-state index in [1.807, 2.05) is 0 Å². The molecule has 9 aromatic rings. The highest BCUT2D eigenvalue weighted by Crippen LogP contribution is 2.74. The molecule has 0 saturated carbocycles. The fourth-order valence-electron chi connectivity index (χ4n) is 16.4. The van der Waals surface area contributed by atoms with Crippen molar-refractivity contribution >= 4 is 11.8 Å². The van der Waals surface area contributed by atoms with E-state index in [1.165, 1.54) is 6.92 Å². The highest BCUT2D eigenvalue weighted by molar-refractivity contribution is 6.88. The van der Waals surface area contributed by atoms with Crippen LogP contribution in [-0.4, -0.2) is 30.6 Å². The van der Waals surface area contributed by atoms with Gasteiger partial charge in [0.15, 0.2) is 163 Å². The molecule has 1 nitrogen and oxygen atoms in total. The lowest BCUT2D eigenvalue weighted by Gasteiger charge is -2.60. The number of halogens is 39. The Hall–Kier alpha value is -9.73. The number of quaternary nitrogens is 1. The summed E-state index contributed by atoms with van der Waals surface area (Å²) < 4.78 is 617. The second-order valence-corrected chi connectivity index (χ2v) is 26.2. The molecule has 1 N–H and O–H groups in total. The third-order valence-corrected chi connectivity index (χ3v) is 20.7. The number of fused-ring (bicyclic) bond motifs is 12. The van der Waals surface area contributed by atoms with Gasteiger partial charge in [-0.1, -0.05) is 61.8 Å². The topological polar surface area (TPSA) is 4.44 Å². The largest absolute Gasteiger partial charge is 0.464 e. The first-order valence-corrected chi connectivity index (χ1v) is 31.9. The van der Waals surface area contributed by atoms with Crippen LogP contribution < -0.4 is 4.90 Å².